The molecule has 1 aliphatic carbocycles. The predicted molar refractivity (Wildman–Crippen MR) is 87.7 cm³/mol. The SMILES string of the molecule is O=C(O)CC1(CNC(=O)c2cc(Br)ccc2I)CCC1. The molecule has 0 spiro atoms. The summed E-state index contributed by atoms with van der Waals surface area (Å²) >= 11 is 5.47. The molecule has 0 bridgehead atoms. The molecular weight excluding hydrogens is 437 g/mol. The standard InChI is InChI=1S/C14H15BrINO3/c15-9-2-3-11(16)10(6-9)13(20)17-8-14(4-1-5-14)7-12(18)19/h2-3,6H,1,4-5,7-8H2,(H,17,20)(H,18,19). The Morgan fingerprint density at radius 3 is 2.65 bits per heavy atom. The van der Waals surface area contributed by atoms with Crippen LogP contribution >= 0.6 is 38.5 Å². The first-order valence-corrected chi connectivity index (χ1v) is 8.24. The van der Waals surface area contributed by atoms with Gasteiger partial charge in [-0.3, -0.25) is 9.59 Å². The van der Waals surface area contributed by atoms with Gasteiger partial charge in [-0.2, -0.15) is 0 Å². The van der Waals surface area contributed by atoms with Crippen LogP contribution in [0.15, 0.2) is 22.7 Å². The van der Waals surface area contributed by atoms with Gasteiger partial charge in [0.2, 0.25) is 0 Å². The van der Waals surface area contributed by atoms with Gasteiger partial charge < -0.3 is 10.4 Å². The molecule has 20 heavy (non-hydrogen) atoms. The van der Waals surface area contributed by atoms with Crippen molar-refractivity contribution in [2.75, 3.05) is 6.54 Å². The van der Waals surface area contributed by atoms with E-state index in [0.29, 0.717) is 12.1 Å². The van der Waals surface area contributed by atoms with E-state index in [2.05, 4.69) is 43.8 Å². The van der Waals surface area contributed by atoms with Gasteiger partial charge in [0.25, 0.3) is 5.91 Å². The Hall–Kier alpha value is -0.630. The highest BCUT2D eigenvalue weighted by Gasteiger charge is 2.39. The smallest absolute Gasteiger partial charge is 0.303 e. The molecule has 0 aromatic heterocycles. The topological polar surface area (TPSA) is 66.4 Å². The van der Waals surface area contributed by atoms with E-state index in [9.17, 15) is 9.59 Å². The van der Waals surface area contributed by atoms with Crippen LogP contribution in [-0.4, -0.2) is 23.5 Å². The summed E-state index contributed by atoms with van der Waals surface area (Å²) in [5.74, 6) is -0.941. The number of halogens is 2. The van der Waals surface area contributed by atoms with Gasteiger partial charge in [-0.25, -0.2) is 0 Å². The van der Waals surface area contributed by atoms with Gasteiger partial charge in [0.1, 0.15) is 0 Å². The van der Waals surface area contributed by atoms with E-state index in [1.54, 1.807) is 6.07 Å². The zero-order valence-electron chi connectivity index (χ0n) is 10.8. The van der Waals surface area contributed by atoms with Crippen LogP contribution in [0.4, 0.5) is 0 Å². The fraction of sp³-hybridized carbons (Fsp3) is 0.429. The van der Waals surface area contributed by atoms with Crippen molar-refractivity contribution in [1.29, 1.82) is 0 Å². The Morgan fingerprint density at radius 1 is 1.40 bits per heavy atom. The van der Waals surface area contributed by atoms with Crippen molar-refractivity contribution >= 4 is 50.4 Å². The number of rotatable bonds is 5. The van der Waals surface area contributed by atoms with Crippen LogP contribution in [0.3, 0.4) is 0 Å². The molecule has 0 heterocycles. The molecule has 0 radical (unpaired) electrons. The molecule has 1 amide bonds. The first-order chi connectivity index (χ1) is 9.42. The molecule has 1 aliphatic rings. The highest BCUT2D eigenvalue weighted by molar-refractivity contribution is 14.1. The first kappa shape index (κ1) is 15.8. The predicted octanol–water partition coefficient (Wildman–Crippen LogP) is 3.43. The lowest BCUT2D eigenvalue weighted by atomic mass is 9.66. The summed E-state index contributed by atoms with van der Waals surface area (Å²) < 4.78 is 1.73. The quantitative estimate of drug-likeness (QED) is 0.674. The van der Waals surface area contributed by atoms with E-state index in [-0.39, 0.29) is 17.7 Å². The fourth-order valence-corrected chi connectivity index (χ4v) is 3.39. The van der Waals surface area contributed by atoms with Crippen LogP contribution in [0.2, 0.25) is 0 Å². The first-order valence-electron chi connectivity index (χ1n) is 6.37. The van der Waals surface area contributed by atoms with Gasteiger partial charge in [0.15, 0.2) is 0 Å². The minimum atomic E-state index is -0.795. The van der Waals surface area contributed by atoms with Gasteiger partial charge in [-0.05, 0) is 59.0 Å². The second-order valence-corrected chi connectivity index (χ2v) is 7.31. The minimum absolute atomic E-state index is 0.128. The molecule has 4 nitrogen and oxygen atoms in total. The number of hydrogen-bond acceptors (Lipinski definition) is 2. The second-order valence-electron chi connectivity index (χ2n) is 5.23. The molecule has 1 fully saturated rings. The summed E-state index contributed by atoms with van der Waals surface area (Å²) in [6.07, 6.45) is 2.91. The number of hydrogen-bond donors (Lipinski definition) is 2. The highest BCUT2D eigenvalue weighted by Crippen LogP contribution is 2.43. The van der Waals surface area contributed by atoms with Crippen LogP contribution in [0.5, 0.6) is 0 Å². The Morgan fingerprint density at radius 2 is 2.10 bits per heavy atom. The normalized spacial score (nSPS) is 16.3. The maximum absolute atomic E-state index is 12.2. The number of nitrogens with one attached hydrogen (secondary N) is 1. The lowest BCUT2D eigenvalue weighted by molar-refractivity contribution is -0.141. The molecular formula is C14H15BrINO3. The molecule has 2 N–H and O–H groups in total. The molecule has 1 aromatic rings. The Labute approximate surface area is 139 Å². The molecule has 0 atom stereocenters. The summed E-state index contributed by atoms with van der Waals surface area (Å²) in [6, 6.07) is 5.54. The molecule has 1 aromatic carbocycles. The summed E-state index contributed by atoms with van der Waals surface area (Å²) in [6.45, 7) is 0.431. The molecule has 2 rings (SSSR count). The lowest BCUT2D eigenvalue weighted by Gasteiger charge is -2.40. The zero-order valence-corrected chi connectivity index (χ0v) is 14.5. The number of carboxylic acid groups (broad SMARTS) is 1. The molecule has 1 saturated carbocycles. The van der Waals surface area contributed by atoms with Crippen LogP contribution in [0, 0.1) is 8.99 Å². The maximum Gasteiger partial charge on any atom is 0.303 e. The number of carboxylic acids is 1. The third-order valence-electron chi connectivity index (χ3n) is 3.74. The van der Waals surface area contributed by atoms with Crippen molar-refractivity contribution in [3.05, 3.63) is 31.8 Å². The van der Waals surface area contributed by atoms with Crippen molar-refractivity contribution in [2.24, 2.45) is 5.41 Å². The number of benzene rings is 1. The largest absolute Gasteiger partial charge is 0.481 e. The van der Waals surface area contributed by atoms with Gasteiger partial charge >= 0.3 is 5.97 Å². The van der Waals surface area contributed by atoms with Crippen molar-refractivity contribution in [1.82, 2.24) is 5.32 Å². The van der Waals surface area contributed by atoms with E-state index in [1.807, 2.05) is 12.1 Å². The van der Waals surface area contributed by atoms with Gasteiger partial charge in [0.05, 0.1) is 12.0 Å². The van der Waals surface area contributed by atoms with Crippen LogP contribution in [0.25, 0.3) is 0 Å². The van der Waals surface area contributed by atoms with Gasteiger partial charge in [0, 0.05) is 14.6 Å². The fourth-order valence-electron chi connectivity index (χ4n) is 2.45. The second kappa shape index (κ2) is 6.43. The Balaban J connectivity index is 2.01. The average molecular weight is 452 g/mol. The Kier molecular flexibility index (Phi) is 5.06. The van der Waals surface area contributed by atoms with E-state index >= 15 is 0 Å². The van der Waals surface area contributed by atoms with Crippen molar-refractivity contribution in [3.8, 4) is 0 Å². The summed E-state index contributed by atoms with van der Waals surface area (Å²) in [4.78, 5) is 23.1. The number of aliphatic carboxylic acids is 1. The van der Waals surface area contributed by atoms with Crippen LogP contribution in [0.1, 0.15) is 36.0 Å². The maximum atomic E-state index is 12.2. The van der Waals surface area contributed by atoms with Crippen molar-refractivity contribution in [2.45, 2.75) is 25.7 Å². The van der Waals surface area contributed by atoms with E-state index in [0.717, 1.165) is 27.3 Å². The van der Waals surface area contributed by atoms with Crippen LogP contribution in [-0.2, 0) is 4.79 Å². The molecule has 108 valence electrons. The zero-order chi connectivity index (χ0) is 14.8. The molecule has 0 saturated heterocycles. The average Bonchev–Trinajstić information content (AvgIpc) is 2.34. The van der Waals surface area contributed by atoms with E-state index < -0.39 is 5.97 Å². The van der Waals surface area contributed by atoms with Gasteiger partial charge in [-0.15, -0.1) is 0 Å². The number of amides is 1. The summed E-state index contributed by atoms with van der Waals surface area (Å²) in [5, 5.41) is 11.8. The van der Waals surface area contributed by atoms with Crippen molar-refractivity contribution in [3.63, 3.8) is 0 Å². The Bertz CT molecular complexity index is 543. The minimum Gasteiger partial charge on any atom is -0.481 e. The monoisotopic (exact) mass is 451 g/mol. The van der Waals surface area contributed by atoms with Gasteiger partial charge in [-0.1, -0.05) is 22.4 Å². The van der Waals surface area contributed by atoms with E-state index in [4.69, 9.17) is 5.11 Å². The third kappa shape index (κ3) is 3.72. The summed E-state index contributed by atoms with van der Waals surface area (Å²) in [5.41, 5.74) is 0.364. The number of carbonyl (C=O) groups excluding carboxylic acids is 1. The lowest BCUT2D eigenvalue weighted by Crippen LogP contribution is -2.43. The summed E-state index contributed by atoms with van der Waals surface area (Å²) in [7, 11) is 0. The molecule has 0 unspecified atom stereocenters. The highest BCUT2D eigenvalue weighted by atomic mass is 127. The molecule has 0 aliphatic heterocycles. The van der Waals surface area contributed by atoms with Crippen LogP contribution < -0.4 is 5.32 Å². The molecule has 6 heteroatoms. The van der Waals surface area contributed by atoms with E-state index in [1.165, 1.54) is 0 Å². The van der Waals surface area contributed by atoms with Crippen molar-refractivity contribution < 1.29 is 14.7 Å². The number of carbonyl (C=O) groups is 2. The third-order valence-corrected chi connectivity index (χ3v) is 5.17.